The molecule has 1 spiro atoms. The molecular weight excluding hydrogens is 502 g/mol. The maximum atomic E-state index is 10.7. The number of benzene rings is 3. The second kappa shape index (κ2) is 14.1. The zero-order valence-corrected chi connectivity index (χ0v) is 24.7. The minimum absolute atomic E-state index is 0.0845. The molecule has 1 unspecified atom stereocenters. The number of aldehydes is 1. The molecule has 3 aromatic carbocycles. The molecule has 6 heteroatoms. The molecule has 1 saturated carbocycles. The third-order valence-electron chi connectivity index (χ3n) is 8.22. The number of hydrogen-bond acceptors (Lipinski definition) is 6. The normalized spacial score (nSPS) is 15.5. The summed E-state index contributed by atoms with van der Waals surface area (Å²) >= 11 is 0. The van der Waals surface area contributed by atoms with Crippen LogP contribution in [0.25, 0.3) is 11.1 Å². The van der Waals surface area contributed by atoms with Crippen LogP contribution in [0.3, 0.4) is 0 Å². The van der Waals surface area contributed by atoms with Crippen LogP contribution in [0, 0.1) is 26.2 Å². The van der Waals surface area contributed by atoms with Gasteiger partial charge in [0.1, 0.15) is 12.4 Å². The fraction of sp³-hybridized carbons (Fsp3) is 0.412. The molecule has 0 aromatic heterocycles. The molecule has 0 heterocycles. The quantitative estimate of drug-likeness (QED) is 0.291. The number of carbonyl (C=O) groups excluding carboxylic acids is 2. The molecule has 2 aliphatic carbocycles. The molecule has 2 aliphatic rings. The zero-order chi connectivity index (χ0) is 29.3. The number of rotatable bonds is 9. The van der Waals surface area contributed by atoms with E-state index in [1.54, 1.807) is 11.1 Å². The Morgan fingerprint density at radius 1 is 1.02 bits per heavy atom. The van der Waals surface area contributed by atoms with Gasteiger partial charge in [0.15, 0.2) is 6.29 Å². The summed E-state index contributed by atoms with van der Waals surface area (Å²) < 4.78 is 9.39. The van der Waals surface area contributed by atoms with Crippen molar-refractivity contribution in [2.24, 2.45) is 5.41 Å². The second-order valence-electron chi connectivity index (χ2n) is 10.6. The Balaban J connectivity index is 0.000000677. The van der Waals surface area contributed by atoms with Crippen molar-refractivity contribution in [3.63, 3.8) is 0 Å². The SMILES string of the molecule is CCC1c2ccc(NCc3cccc(-c4c(C)cc(OCC=O)cc4C)c3C)cc2CC12CC2.CO.COC=O. The van der Waals surface area contributed by atoms with Crippen LogP contribution in [-0.4, -0.2) is 38.7 Å². The summed E-state index contributed by atoms with van der Waals surface area (Å²) in [6, 6.07) is 17.7. The van der Waals surface area contributed by atoms with Crippen LogP contribution in [0.4, 0.5) is 5.69 Å². The molecule has 0 bridgehead atoms. The van der Waals surface area contributed by atoms with E-state index in [1.165, 1.54) is 60.7 Å². The van der Waals surface area contributed by atoms with Gasteiger partial charge in [-0.2, -0.15) is 0 Å². The van der Waals surface area contributed by atoms with Gasteiger partial charge in [-0.05, 0) is 127 Å². The van der Waals surface area contributed by atoms with Crippen molar-refractivity contribution in [1.82, 2.24) is 0 Å². The average molecular weight is 546 g/mol. The molecule has 0 amide bonds. The third-order valence-corrected chi connectivity index (χ3v) is 8.22. The standard InChI is InChI=1S/C31H35NO2.C2H4O2.CH4O/c1-5-29-28-10-9-25(17-24(28)18-31(29)11-12-31)32-19-23-7-6-8-27(22(23)4)30-20(2)15-26(16-21(30)3)34-14-13-33;1-4-2-3;1-2/h6-10,13,15-17,29,32H,5,11-12,14,18-19H2,1-4H3;2H,1H3;2H,1H3. The number of nitrogens with one attached hydrogen (secondary N) is 1. The van der Waals surface area contributed by atoms with Crippen molar-refractivity contribution in [3.05, 3.63) is 81.9 Å². The van der Waals surface area contributed by atoms with Gasteiger partial charge in [0.05, 0.1) is 7.11 Å². The van der Waals surface area contributed by atoms with Crippen molar-refractivity contribution in [2.45, 2.75) is 65.8 Å². The summed E-state index contributed by atoms with van der Waals surface area (Å²) in [7, 11) is 2.31. The smallest absolute Gasteiger partial charge is 0.292 e. The van der Waals surface area contributed by atoms with Gasteiger partial charge in [0, 0.05) is 19.3 Å². The van der Waals surface area contributed by atoms with Gasteiger partial charge in [-0.15, -0.1) is 0 Å². The number of methoxy groups -OCH3 is 1. The molecule has 1 fully saturated rings. The minimum Gasteiger partial charge on any atom is -0.486 e. The lowest BCUT2D eigenvalue weighted by Gasteiger charge is -2.18. The van der Waals surface area contributed by atoms with Crippen LogP contribution < -0.4 is 10.1 Å². The van der Waals surface area contributed by atoms with E-state index < -0.39 is 0 Å². The Kier molecular flexibility index (Phi) is 10.9. The molecule has 40 heavy (non-hydrogen) atoms. The van der Waals surface area contributed by atoms with Crippen LogP contribution in [0.5, 0.6) is 5.75 Å². The van der Waals surface area contributed by atoms with Gasteiger partial charge in [0.2, 0.25) is 0 Å². The summed E-state index contributed by atoms with van der Waals surface area (Å²) in [5.41, 5.74) is 12.4. The van der Waals surface area contributed by atoms with Gasteiger partial charge in [-0.3, -0.25) is 9.59 Å². The summed E-state index contributed by atoms with van der Waals surface area (Å²) in [4.78, 5) is 19.6. The first-order chi connectivity index (χ1) is 19.4. The van der Waals surface area contributed by atoms with Crippen molar-refractivity contribution >= 4 is 18.4 Å². The summed E-state index contributed by atoms with van der Waals surface area (Å²) in [6.45, 7) is 10.0. The topological polar surface area (TPSA) is 84.9 Å². The van der Waals surface area contributed by atoms with Gasteiger partial charge in [0.25, 0.3) is 6.47 Å². The monoisotopic (exact) mass is 545 g/mol. The van der Waals surface area contributed by atoms with Crippen LogP contribution in [-0.2, 0) is 27.3 Å². The van der Waals surface area contributed by atoms with Crippen LogP contribution in [0.1, 0.15) is 65.5 Å². The number of aryl methyl sites for hydroxylation is 2. The molecule has 6 nitrogen and oxygen atoms in total. The zero-order valence-electron chi connectivity index (χ0n) is 24.7. The number of carbonyl (C=O) groups is 2. The first-order valence-electron chi connectivity index (χ1n) is 13.9. The maximum Gasteiger partial charge on any atom is 0.292 e. The van der Waals surface area contributed by atoms with Crippen molar-refractivity contribution in [3.8, 4) is 16.9 Å². The number of anilines is 1. The minimum atomic E-state index is 0.0845. The molecule has 0 radical (unpaired) electrons. The number of ether oxygens (including phenoxy) is 2. The lowest BCUT2D eigenvalue weighted by Crippen LogP contribution is -2.06. The fourth-order valence-corrected chi connectivity index (χ4v) is 6.29. The molecule has 1 atom stereocenters. The van der Waals surface area contributed by atoms with Gasteiger partial charge < -0.3 is 19.9 Å². The summed E-state index contributed by atoms with van der Waals surface area (Å²) in [5, 5.41) is 10.7. The highest BCUT2D eigenvalue weighted by Crippen LogP contribution is 2.64. The largest absolute Gasteiger partial charge is 0.486 e. The van der Waals surface area contributed by atoms with Crippen molar-refractivity contribution < 1.29 is 24.2 Å². The average Bonchev–Trinajstić information content (AvgIpc) is 3.66. The van der Waals surface area contributed by atoms with E-state index in [9.17, 15) is 4.79 Å². The number of aliphatic hydroxyl groups is 1. The molecule has 2 N–H and O–H groups in total. The Bertz CT molecular complexity index is 1290. The van der Waals surface area contributed by atoms with E-state index in [0.29, 0.717) is 11.9 Å². The molecule has 5 rings (SSSR count). The van der Waals surface area contributed by atoms with E-state index in [1.807, 2.05) is 12.1 Å². The highest BCUT2D eigenvalue weighted by molar-refractivity contribution is 5.75. The third kappa shape index (κ3) is 6.73. The van der Waals surface area contributed by atoms with E-state index in [2.05, 4.69) is 74.1 Å². The predicted octanol–water partition coefficient (Wildman–Crippen LogP) is 6.70. The molecule has 0 aliphatic heterocycles. The van der Waals surface area contributed by atoms with E-state index in [-0.39, 0.29) is 6.61 Å². The van der Waals surface area contributed by atoms with Gasteiger partial charge in [-0.25, -0.2) is 0 Å². The molecule has 214 valence electrons. The van der Waals surface area contributed by atoms with Crippen LogP contribution >= 0.6 is 0 Å². The van der Waals surface area contributed by atoms with E-state index in [4.69, 9.17) is 14.6 Å². The Morgan fingerprint density at radius 3 is 2.27 bits per heavy atom. The highest BCUT2D eigenvalue weighted by Gasteiger charge is 2.53. The predicted molar refractivity (Wildman–Crippen MR) is 161 cm³/mol. The Hall–Kier alpha value is -3.64. The lowest BCUT2D eigenvalue weighted by atomic mass is 9.87. The Labute approximate surface area is 238 Å². The molecular formula is C34H43NO5. The van der Waals surface area contributed by atoms with E-state index >= 15 is 0 Å². The summed E-state index contributed by atoms with van der Waals surface area (Å²) in [6.07, 6.45) is 6.10. The van der Waals surface area contributed by atoms with Gasteiger partial charge >= 0.3 is 0 Å². The van der Waals surface area contributed by atoms with E-state index in [0.717, 1.165) is 42.7 Å². The number of fused-ring (bicyclic) bond motifs is 1. The van der Waals surface area contributed by atoms with Gasteiger partial charge in [-0.1, -0.05) is 31.2 Å². The van der Waals surface area contributed by atoms with Crippen LogP contribution in [0.15, 0.2) is 48.5 Å². The fourth-order valence-electron chi connectivity index (χ4n) is 6.29. The second-order valence-corrected chi connectivity index (χ2v) is 10.6. The molecule has 0 saturated heterocycles. The van der Waals surface area contributed by atoms with Crippen molar-refractivity contribution in [2.75, 3.05) is 26.1 Å². The molecule has 3 aromatic rings. The maximum absolute atomic E-state index is 10.7. The number of hydrogen-bond donors (Lipinski definition) is 2. The summed E-state index contributed by atoms with van der Waals surface area (Å²) in [5.74, 6) is 1.51. The number of aliphatic hydroxyl groups excluding tert-OH is 1. The van der Waals surface area contributed by atoms with Crippen LogP contribution in [0.2, 0.25) is 0 Å². The highest BCUT2D eigenvalue weighted by atomic mass is 16.5. The van der Waals surface area contributed by atoms with Crippen molar-refractivity contribution in [1.29, 1.82) is 0 Å². The first kappa shape index (κ1) is 30.9. The Morgan fingerprint density at radius 2 is 1.70 bits per heavy atom. The lowest BCUT2D eigenvalue weighted by molar-refractivity contribution is -0.126. The first-order valence-corrected chi connectivity index (χ1v) is 13.9.